The maximum atomic E-state index is 13.8. The first-order chi connectivity index (χ1) is 14.3. The number of aromatic hydroxyl groups is 1. The quantitative estimate of drug-likeness (QED) is 0.800. The molecule has 1 saturated heterocycles. The number of carbonyl (C=O) groups is 2. The Balaban J connectivity index is 1.46. The standard InChI is InChI=1S/C21H19F2N3O4/c22-13-2-1-12(15(23)5-13)7-24-19(29)14-9-25-10-21-4-3-11(6-21)8-26(21)20(30)16(25)18(28)17(14)27/h1-2,5,9,11,28H,3-4,6-8,10H2,(H,24,29)/t11-,21+/m0/s1. The van der Waals surface area contributed by atoms with E-state index in [4.69, 9.17) is 0 Å². The molecular formula is C21H19F2N3O4. The molecule has 1 aliphatic carbocycles. The second-order valence-corrected chi connectivity index (χ2v) is 8.36. The summed E-state index contributed by atoms with van der Waals surface area (Å²) in [6, 6.07) is 2.97. The first-order valence-electron chi connectivity index (χ1n) is 9.79. The number of nitrogens with zero attached hydrogens (tertiary/aromatic N) is 2. The van der Waals surface area contributed by atoms with Crippen LogP contribution in [0.2, 0.25) is 0 Å². The van der Waals surface area contributed by atoms with Crippen molar-refractivity contribution < 1.29 is 23.5 Å². The van der Waals surface area contributed by atoms with Crippen LogP contribution in [0.4, 0.5) is 8.78 Å². The van der Waals surface area contributed by atoms with Gasteiger partial charge in [0.1, 0.15) is 17.2 Å². The number of pyridine rings is 1. The van der Waals surface area contributed by atoms with Gasteiger partial charge in [-0.3, -0.25) is 14.4 Å². The second-order valence-electron chi connectivity index (χ2n) is 8.36. The van der Waals surface area contributed by atoms with Gasteiger partial charge in [0.25, 0.3) is 11.8 Å². The number of piperidine rings is 1. The molecule has 3 aliphatic rings. The maximum Gasteiger partial charge on any atom is 0.275 e. The molecule has 1 aromatic heterocycles. The molecule has 5 rings (SSSR count). The molecule has 0 radical (unpaired) electrons. The van der Waals surface area contributed by atoms with Gasteiger partial charge in [0.05, 0.1) is 5.54 Å². The zero-order chi connectivity index (χ0) is 21.2. The summed E-state index contributed by atoms with van der Waals surface area (Å²) >= 11 is 0. The smallest absolute Gasteiger partial charge is 0.275 e. The lowest BCUT2D eigenvalue weighted by atomic mass is 9.93. The fourth-order valence-corrected chi connectivity index (χ4v) is 5.14. The first-order valence-corrected chi connectivity index (χ1v) is 9.79. The van der Waals surface area contributed by atoms with E-state index in [-0.39, 0.29) is 28.9 Å². The number of hydrogen-bond donors (Lipinski definition) is 2. The van der Waals surface area contributed by atoms with Gasteiger partial charge in [-0.1, -0.05) is 6.07 Å². The van der Waals surface area contributed by atoms with Crippen molar-refractivity contribution in [1.82, 2.24) is 14.8 Å². The molecule has 2 N–H and O–H groups in total. The Morgan fingerprint density at radius 2 is 2.10 bits per heavy atom. The molecule has 30 heavy (non-hydrogen) atoms. The predicted octanol–water partition coefficient (Wildman–Crippen LogP) is 1.77. The minimum absolute atomic E-state index is 0.0553. The van der Waals surface area contributed by atoms with E-state index in [1.807, 2.05) is 0 Å². The molecule has 9 heteroatoms. The molecular weight excluding hydrogens is 396 g/mol. The molecule has 3 heterocycles. The number of benzene rings is 1. The van der Waals surface area contributed by atoms with Crippen molar-refractivity contribution in [2.45, 2.75) is 37.9 Å². The van der Waals surface area contributed by atoms with E-state index in [2.05, 4.69) is 5.32 Å². The molecule has 2 aliphatic heterocycles. The van der Waals surface area contributed by atoms with Crippen molar-refractivity contribution in [1.29, 1.82) is 0 Å². The van der Waals surface area contributed by atoms with E-state index in [0.717, 1.165) is 25.3 Å². The van der Waals surface area contributed by atoms with Crippen molar-refractivity contribution in [3.05, 3.63) is 63.1 Å². The number of amides is 2. The van der Waals surface area contributed by atoms with Crippen LogP contribution in [-0.2, 0) is 13.1 Å². The van der Waals surface area contributed by atoms with Crippen LogP contribution in [0.15, 0.2) is 29.2 Å². The number of hydrogen-bond acceptors (Lipinski definition) is 4. The summed E-state index contributed by atoms with van der Waals surface area (Å²) in [6.07, 6.45) is 4.04. The van der Waals surface area contributed by atoms with E-state index in [9.17, 15) is 28.3 Å². The molecule has 0 unspecified atom stereocenters. The Morgan fingerprint density at radius 1 is 1.30 bits per heavy atom. The fourth-order valence-electron chi connectivity index (χ4n) is 5.14. The lowest BCUT2D eigenvalue weighted by Crippen LogP contribution is -2.55. The highest BCUT2D eigenvalue weighted by molar-refractivity contribution is 5.99. The third-order valence-electron chi connectivity index (χ3n) is 6.57. The fraction of sp³-hybridized carbons (Fsp3) is 0.381. The Labute approximate surface area is 169 Å². The van der Waals surface area contributed by atoms with Gasteiger partial charge in [-0.05, 0) is 31.2 Å². The lowest BCUT2D eigenvalue weighted by molar-refractivity contribution is 0.0397. The van der Waals surface area contributed by atoms with Crippen molar-refractivity contribution in [2.24, 2.45) is 5.92 Å². The third kappa shape index (κ3) is 2.64. The van der Waals surface area contributed by atoms with Gasteiger partial charge in [0.2, 0.25) is 5.43 Å². The molecule has 2 bridgehead atoms. The summed E-state index contributed by atoms with van der Waals surface area (Å²) in [5.74, 6) is -3.08. The van der Waals surface area contributed by atoms with Crippen molar-refractivity contribution in [2.75, 3.05) is 6.54 Å². The van der Waals surface area contributed by atoms with E-state index >= 15 is 0 Å². The minimum atomic E-state index is -0.952. The van der Waals surface area contributed by atoms with Crippen LogP contribution in [0.1, 0.15) is 45.7 Å². The Bertz CT molecular complexity index is 1160. The van der Waals surface area contributed by atoms with Gasteiger partial charge in [-0.2, -0.15) is 0 Å². The molecule has 156 valence electrons. The highest BCUT2D eigenvalue weighted by atomic mass is 19.1. The van der Waals surface area contributed by atoms with E-state index in [0.29, 0.717) is 25.1 Å². The summed E-state index contributed by atoms with van der Waals surface area (Å²) in [4.78, 5) is 39.9. The van der Waals surface area contributed by atoms with Crippen molar-refractivity contribution >= 4 is 11.8 Å². The molecule has 2 fully saturated rings. The predicted molar refractivity (Wildman–Crippen MR) is 101 cm³/mol. The van der Waals surface area contributed by atoms with Crippen LogP contribution >= 0.6 is 0 Å². The number of rotatable bonds is 3. The molecule has 7 nitrogen and oxygen atoms in total. The van der Waals surface area contributed by atoms with Crippen LogP contribution in [0.3, 0.4) is 0 Å². The third-order valence-corrected chi connectivity index (χ3v) is 6.57. The second kappa shape index (κ2) is 6.38. The average molecular weight is 415 g/mol. The SMILES string of the molecule is O=C(NCc1ccc(F)cc1F)c1cn2c(c(O)c1=O)C(=O)N1C[C@H]3CC[C@@]1(C3)C2. The molecule has 2 amide bonds. The molecule has 2 aromatic rings. The summed E-state index contributed by atoms with van der Waals surface area (Å²) in [5.41, 5.74) is -1.66. The molecule has 1 saturated carbocycles. The summed E-state index contributed by atoms with van der Waals surface area (Å²) in [5, 5.41) is 12.8. The average Bonchev–Trinajstić information content (AvgIpc) is 3.27. The van der Waals surface area contributed by atoms with Crippen LogP contribution in [0.5, 0.6) is 5.75 Å². The zero-order valence-corrected chi connectivity index (χ0v) is 16.0. The van der Waals surface area contributed by atoms with Gasteiger partial charge < -0.3 is 19.9 Å². The summed E-state index contributed by atoms with van der Waals surface area (Å²) in [7, 11) is 0. The number of carbonyl (C=O) groups excluding carboxylic acids is 2. The molecule has 1 aromatic carbocycles. The number of halogens is 2. The topological polar surface area (TPSA) is 91.6 Å². The zero-order valence-electron chi connectivity index (χ0n) is 16.0. The van der Waals surface area contributed by atoms with E-state index in [1.165, 1.54) is 16.8 Å². The van der Waals surface area contributed by atoms with Crippen molar-refractivity contribution in [3.63, 3.8) is 0 Å². The van der Waals surface area contributed by atoms with Crippen LogP contribution in [0, 0.1) is 17.6 Å². The number of fused-ring (bicyclic) bond motifs is 2. The van der Waals surface area contributed by atoms with Crippen LogP contribution < -0.4 is 10.7 Å². The highest BCUT2D eigenvalue weighted by Gasteiger charge is 2.56. The van der Waals surface area contributed by atoms with Crippen LogP contribution in [0.25, 0.3) is 0 Å². The first kappa shape index (κ1) is 18.8. The Kier molecular flexibility index (Phi) is 4.00. The molecule has 2 atom stereocenters. The Hall–Kier alpha value is -3.23. The van der Waals surface area contributed by atoms with Crippen LogP contribution in [-0.4, -0.2) is 38.5 Å². The van der Waals surface area contributed by atoms with Gasteiger partial charge in [-0.15, -0.1) is 0 Å². The van der Waals surface area contributed by atoms with Gasteiger partial charge in [-0.25, -0.2) is 8.78 Å². The van der Waals surface area contributed by atoms with Gasteiger partial charge in [0.15, 0.2) is 11.4 Å². The van der Waals surface area contributed by atoms with Gasteiger partial charge >= 0.3 is 0 Å². The number of nitrogens with one attached hydrogen (secondary N) is 1. The highest BCUT2D eigenvalue weighted by Crippen LogP contribution is 2.50. The van der Waals surface area contributed by atoms with Crippen molar-refractivity contribution in [3.8, 4) is 5.75 Å². The largest absolute Gasteiger partial charge is 0.503 e. The Morgan fingerprint density at radius 3 is 2.83 bits per heavy atom. The van der Waals surface area contributed by atoms with Gasteiger partial charge in [0, 0.05) is 37.5 Å². The summed E-state index contributed by atoms with van der Waals surface area (Å²) < 4.78 is 28.3. The maximum absolute atomic E-state index is 13.8. The minimum Gasteiger partial charge on any atom is -0.503 e. The number of aromatic nitrogens is 1. The normalized spacial score (nSPS) is 24.0. The van der Waals surface area contributed by atoms with E-state index in [1.54, 1.807) is 4.90 Å². The lowest BCUT2D eigenvalue weighted by Gasteiger charge is -2.44. The molecule has 1 spiro atoms. The monoisotopic (exact) mass is 415 g/mol. The van der Waals surface area contributed by atoms with E-state index < -0.39 is 34.6 Å². The summed E-state index contributed by atoms with van der Waals surface area (Å²) in [6.45, 7) is 0.772.